The number of rotatable bonds is 3. The molecule has 1 aliphatic rings. The maximum atomic E-state index is 5.80. The summed E-state index contributed by atoms with van der Waals surface area (Å²) >= 11 is 1.82. The lowest BCUT2D eigenvalue weighted by Gasteiger charge is -2.23. The lowest BCUT2D eigenvalue weighted by atomic mass is 9.91. The largest absolute Gasteiger partial charge is 0.271 e. The number of hydrazine groups is 1. The Morgan fingerprint density at radius 2 is 2.06 bits per heavy atom. The van der Waals surface area contributed by atoms with E-state index in [1.54, 1.807) is 0 Å². The number of benzene rings is 1. The molecule has 3 N–H and O–H groups in total. The third kappa shape index (κ3) is 1.99. The number of hydrogen-bond acceptors (Lipinski definition) is 3. The normalized spacial score (nSPS) is 18.9. The van der Waals surface area contributed by atoms with Crippen LogP contribution in [0.3, 0.4) is 0 Å². The van der Waals surface area contributed by atoms with Crippen molar-refractivity contribution in [3.63, 3.8) is 0 Å². The van der Waals surface area contributed by atoms with Gasteiger partial charge in [0.2, 0.25) is 0 Å². The standard InChI is InChI=1S/C14H18N2S/c15-16-13(10-4-1-2-5-10)12-7-3-6-11-8-9-17-14(11)12/h3,6-10,13,16H,1-2,4-5,15H2. The summed E-state index contributed by atoms with van der Waals surface area (Å²) in [4.78, 5) is 0. The maximum Gasteiger partial charge on any atom is 0.0502 e. The highest BCUT2D eigenvalue weighted by molar-refractivity contribution is 7.17. The molecule has 3 rings (SSSR count). The molecule has 1 aliphatic carbocycles. The lowest BCUT2D eigenvalue weighted by molar-refractivity contribution is 0.376. The van der Waals surface area contributed by atoms with Crippen LogP contribution in [0.5, 0.6) is 0 Å². The fourth-order valence-electron chi connectivity index (χ4n) is 3.03. The average Bonchev–Trinajstić information content (AvgIpc) is 3.00. The van der Waals surface area contributed by atoms with Gasteiger partial charge in [-0.05, 0) is 41.2 Å². The maximum absolute atomic E-state index is 5.80. The number of fused-ring (bicyclic) bond motifs is 1. The number of thiophene rings is 1. The topological polar surface area (TPSA) is 38.0 Å². The SMILES string of the molecule is NNC(c1cccc2ccsc12)C1CCCC1. The molecular formula is C14H18N2S. The van der Waals surface area contributed by atoms with Gasteiger partial charge in [-0.25, -0.2) is 0 Å². The Kier molecular flexibility index (Phi) is 3.14. The van der Waals surface area contributed by atoms with E-state index in [-0.39, 0.29) is 0 Å². The van der Waals surface area contributed by atoms with Gasteiger partial charge in [0, 0.05) is 4.70 Å². The number of nitrogens with one attached hydrogen (secondary N) is 1. The smallest absolute Gasteiger partial charge is 0.0502 e. The molecule has 1 unspecified atom stereocenters. The summed E-state index contributed by atoms with van der Waals surface area (Å²) in [7, 11) is 0. The Hall–Kier alpha value is -0.900. The third-order valence-corrected chi connectivity index (χ3v) is 4.87. The van der Waals surface area contributed by atoms with E-state index in [1.165, 1.54) is 41.3 Å². The molecule has 1 atom stereocenters. The zero-order valence-corrected chi connectivity index (χ0v) is 10.7. The Labute approximate surface area is 106 Å². The summed E-state index contributed by atoms with van der Waals surface area (Å²) in [6.45, 7) is 0. The first-order valence-electron chi connectivity index (χ1n) is 6.32. The van der Waals surface area contributed by atoms with Crippen molar-refractivity contribution < 1.29 is 0 Å². The molecule has 0 bridgehead atoms. The van der Waals surface area contributed by atoms with Gasteiger partial charge in [-0.1, -0.05) is 31.0 Å². The molecule has 2 nitrogen and oxygen atoms in total. The molecule has 90 valence electrons. The van der Waals surface area contributed by atoms with E-state index in [1.807, 2.05) is 11.3 Å². The van der Waals surface area contributed by atoms with Gasteiger partial charge in [0.25, 0.3) is 0 Å². The summed E-state index contributed by atoms with van der Waals surface area (Å²) in [5, 5.41) is 3.50. The minimum atomic E-state index is 0.319. The van der Waals surface area contributed by atoms with Gasteiger partial charge in [0.05, 0.1) is 6.04 Å². The van der Waals surface area contributed by atoms with E-state index < -0.39 is 0 Å². The molecule has 1 fully saturated rings. The van der Waals surface area contributed by atoms with E-state index in [9.17, 15) is 0 Å². The van der Waals surface area contributed by atoms with Crippen LogP contribution in [-0.2, 0) is 0 Å². The highest BCUT2D eigenvalue weighted by Crippen LogP contribution is 2.38. The molecular weight excluding hydrogens is 228 g/mol. The lowest BCUT2D eigenvalue weighted by Crippen LogP contribution is -2.32. The zero-order chi connectivity index (χ0) is 11.7. The van der Waals surface area contributed by atoms with Gasteiger partial charge >= 0.3 is 0 Å². The van der Waals surface area contributed by atoms with Gasteiger partial charge in [0.15, 0.2) is 0 Å². The second kappa shape index (κ2) is 4.77. The fraction of sp³-hybridized carbons (Fsp3) is 0.429. The highest BCUT2D eigenvalue weighted by atomic mass is 32.1. The Bertz CT molecular complexity index is 500. The molecule has 0 radical (unpaired) electrons. The average molecular weight is 246 g/mol. The van der Waals surface area contributed by atoms with Crippen LogP contribution < -0.4 is 11.3 Å². The first-order valence-corrected chi connectivity index (χ1v) is 7.20. The first kappa shape index (κ1) is 11.2. The van der Waals surface area contributed by atoms with Crippen LogP contribution in [0.25, 0.3) is 10.1 Å². The van der Waals surface area contributed by atoms with Crippen molar-refractivity contribution in [1.82, 2.24) is 5.43 Å². The van der Waals surface area contributed by atoms with Crippen molar-refractivity contribution >= 4 is 21.4 Å². The number of hydrogen-bond donors (Lipinski definition) is 2. The van der Waals surface area contributed by atoms with Crippen molar-refractivity contribution in [2.45, 2.75) is 31.7 Å². The zero-order valence-electron chi connectivity index (χ0n) is 9.86. The van der Waals surface area contributed by atoms with E-state index in [4.69, 9.17) is 5.84 Å². The van der Waals surface area contributed by atoms with Crippen molar-refractivity contribution in [3.05, 3.63) is 35.2 Å². The quantitative estimate of drug-likeness (QED) is 0.641. The second-order valence-electron chi connectivity index (χ2n) is 4.88. The molecule has 1 aromatic heterocycles. The predicted octanol–water partition coefficient (Wildman–Crippen LogP) is 3.60. The van der Waals surface area contributed by atoms with E-state index in [0.29, 0.717) is 12.0 Å². The Morgan fingerprint density at radius 3 is 2.82 bits per heavy atom. The van der Waals surface area contributed by atoms with Crippen molar-refractivity contribution in [1.29, 1.82) is 0 Å². The fourth-order valence-corrected chi connectivity index (χ4v) is 3.99. The molecule has 1 heterocycles. The molecule has 1 aromatic carbocycles. The van der Waals surface area contributed by atoms with Crippen molar-refractivity contribution in [2.24, 2.45) is 11.8 Å². The van der Waals surface area contributed by atoms with Crippen LogP contribution in [0.2, 0.25) is 0 Å². The Morgan fingerprint density at radius 1 is 1.24 bits per heavy atom. The van der Waals surface area contributed by atoms with Crippen LogP contribution in [0.15, 0.2) is 29.6 Å². The van der Waals surface area contributed by atoms with Crippen LogP contribution >= 0.6 is 11.3 Å². The monoisotopic (exact) mass is 246 g/mol. The van der Waals surface area contributed by atoms with E-state index in [2.05, 4.69) is 35.1 Å². The van der Waals surface area contributed by atoms with Gasteiger partial charge in [-0.2, -0.15) is 0 Å². The summed E-state index contributed by atoms with van der Waals surface area (Å²) in [5.74, 6) is 6.50. The molecule has 0 spiro atoms. The van der Waals surface area contributed by atoms with Gasteiger partial charge < -0.3 is 0 Å². The molecule has 0 saturated heterocycles. The number of nitrogens with two attached hydrogens (primary N) is 1. The molecule has 3 heteroatoms. The molecule has 2 aromatic rings. The predicted molar refractivity (Wildman–Crippen MR) is 73.8 cm³/mol. The molecule has 1 saturated carbocycles. The van der Waals surface area contributed by atoms with Gasteiger partial charge in [-0.15, -0.1) is 11.3 Å². The minimum absolute atomic E-state index is 0.319. The van der Waals surface area contributed by atoms with Gasteiger partial charge in [0.1, 0.15) is 0 Å². The van der Waals surface area contributed by atoms with Crippen LogP contribution in [-0.4, -0.2) is 0 Å². The second-order valence-corrected chi connectivity index (χ2v) is 5.79. The van der Waals surface area contributed by atoms with Crippen molar-refractivity contribution in [2.75, 3.05) is 0 Å². The van der Waals surface area contributed by atoms with E-state index in [0.717, 1.165) is 0 Å². The summed E-state index contributed by atoms with van der Waals surface area (Å²) in [5.41, 5.74) is 4.43. The van der Waals surface area contributed by atoms with E-state index >= 15 is 0 Å². The van der Waals surface area contributed by atoms with Crippen LogP contribution in [0.4, 0.5) is 0 Å². The minimum Gasteiger partial charge on any atom is -0.271 e. The van der Waals surface area contributed by atoms with Crippen molar-refractivity contribution in [3.8, 4) is 0 Å². The molecule has 17 heavy (non-hydrogen) atoms. The van der Waals surface area contributed by atoms with Gasteiger partial charge in [-0.3, -0.25) is 11.3 Å². The van der Waals surface area contributed by atoms with Crippen LogP contribution in [0, 0.1) is 5.92 Å². The Balaban J connectivity index is 2.02. The van der Waals surface area contributed by atoms with Crippen LogP contribution in [0.1, 0.15) is 37.3 Å². The summed E-state index contributed by atoms with van der Waals surface area (Å²) < 4.78 is 1.39. The molecule has 0 aliphatic heterocycles. The highest BCUT2D eigenvalue weighted by Gasteiger charge is 2.26. The molecule has 0 amide bonds. The summed E-state index contributed by atoms with van der Waals surface area (Å²) in [6, 6.07) is 9.05. The third-order valence-electron chi connectivity index (χ3n) is 3.90. The first-order chi connectivity index (χ1) is 8.40. The summed E-state index contributed by atoms with van der Waals surface area (Å²) in [6.07, 6.45) is 5.31.